The van der Waals surface area contributed by atoms with Gasteiger partial charge in [0.15, 0.2) is 0 Å². The van der Waals surface area contributed by atoms with E-state index in [1.54, 1.807) is 11.3 Å². The SMILES string of the molecule is Cc1ccc(C2NC(C)C(=O)N2C(C)C2CCCCC2)s1. The van der Waals surface area contributed by atoms with Gasteiger partial charge in [0.25, 0.3) is 0 Å². The van der Waals surface area contributed by atoms with Gasteiger partial charge in [-0.15, -0.1) is 11.3 Å². The van der Waals surface area contributed by atoms with Crippen LogP contribution in [0.4, 0.5) is 0 Å². The van der Waals surface area contributed by atoms with Gasteiger partial charge in [0.1, 0.15) is 6.17 Å². The first-order chi connectivity index (χ1) is 10.1. The Labute approximate surface area is 131 Å². The molecule has 3 rings (SSSR count). The predicted octanol–water partition coefficient (Wildman–Crippen LogP) is 3.84. The third kappa shape index (κ3) is 2.88. The van der Waals surface area contributed by atoms with E-state index in [4.69, 9.17) is 0 Å². The topological polar surface area (TPSA) is 32.3 Å². The van der Waals surface area contributed by atoms with Crippen molar-refractivity contribution in [1.82, 2.24) is 10.2 Å². The fourth-order valence-electron chi connectivity index (χ4n) is 3.84. The highest BCUT2D eigenvalue weighted by Gasteiger charge is 2.42. The average molecular weight is 306 g/mol. The average Bonchev–Trinajstić information content (AvgIpc) is 3.04. The van der Waals surface area contributed by atoms with Gasteiger partial charge in [-0.2, -0.15) is 0 Å². The Morgan fingerprint density at radius 3 is 2.62 bits per heavy atom. The zero-order valence-electron chi connectivity index (χ0n) is 13.3. The van der Waals surface area contributed by atoms with Gasteiger partial charge in [-0.25, -0.2) is 0 Å². The predicted molar refractivity (Wildman–Crippen MR) is 87.3 cm³/mol. The highest BCUT2D eigenvalue weighted by molar-refractivity contribution is 7.12. The molecule has 1 aliphatic heterocycles. The summed E-state index contributed by atoms with van der Waals surface area (Å²) in [5, 5.41) is 3.49. The summed E-state index contributed by atoms with van der Waals surface area (Å²) in [7, 11) is 0. The fourth-order valence-corrected chi connectivity index (χ4v) is 4.78. The molecule has 1 N–H and O–H groups in total. The lowest BCUT2D eigenvalue weighted by atomic mass is 9.84. The number of rotatable bonds is 3. The summed E-state index contributed by atoms with van der Waals surface area (Å²) in [4.78, 5) is 17.4. The largest absolute Gasteiger partial charge is 0.318 e. The zero-order chi connectivity index (χ0) is 15.0. The number of carbonyl (C=O) groups is 1. The van der Waals surface area contributed by atoms with Crippen molar-refractivity contribution in [3.8, 4) is 0 Å². The molecule has 1 saturated carbocycles. The van der Waals surface area contributed by atoms with Gasteiger partial charge in [-0.1, -0.05) is 19.3 Å². The molecule has 21 heavy (non-hydrogen) atoms. The van der Waals surface area contributed by atoms with Crippen molar-refractivity contribution in [2.45, 2.75) is 71.1 Å². The Morgan fingerprint density at radius 2 is 2.00 bits per heavy atom. The van der Waals surface area contributed by atoms with Crippen molar-refractivity contribution in [2.24, 2.45) is 5.92 Å². The summed E-state index contributed by atoms with van der Waals surface area (Å²) in [6, 6.07) is 4.59. The third-order valence-electron chi connectivity index (χ3n) is 5.11. The van der Waals surface area contributed by atoms with Crippen LogP contribution in [0.15, 0.2) is 12.1 Å². The molecule has 3 atom stereocenters. The van der Waals surface area contributed by atoms with E-state index in [2.05, 4.69) is 36.2 Å². The molecule has 0 radical (unpaired) electrons. The van der Waals surface area contributed by atoms with Gasteiger partial charge < -0.3 is 4.90 Å². The van der Waals surface area contributed by atoms with Gasteiger partial charge in [0.05, 0.1) is 6.04 Å². The fraction of sp³-hybridized carbons (Fsp3) is 0.706. The first-order valence-corrected chi connectivity index (χ1v) is 9.04. The van der Waals surface area contributed by atoms with Crippen molar-refractivity contribution in [1.29, 1.82) is 0 Å². The maximum atomic E-state index is 12.6. The second-order valence-electron chi connectivity index (χ2n) is 6.62. The molecule has 4 heteroatoms. The van der Waals surface area contributed by atoms with E-state index in [0.717, 1.165) is 0 Å². The van der Waals surface area contributed by atoms with E-state index >= 15 is 0 Å². The summed E-state index contributed by atoms with van der Waals surface area (Å²) >= 11 is 1.80. The number of nitrogens with one attached hydrogen (secondary N) is 1. The van der Waals surface area contributed by atoms with Crippen LogP contribution in [0, 0.1) is 12.8 Å². The normalized spacial score (nSPS) is 29.1. The summed E-state index contributed by atoms with van der Waals surface area (Å²) in [5.41, 5.74) is 0. The Balaban J connectivity index is 1.83. The lowest BCUT2D eigenvalue weighted by Crippen LogP contribution is -2.43. The van der Waals surface area contributed by atoms with E-state index in [0.29, 0.717) is 12.0 Å². The second kappa shape index (κ2) is 6.09. The van der Waals surface area contributed by atoms with Crippen molar-refractivity contribution in [3.63, 3.8) is 0 Å². The molecule has 0 aromatic carbocycles. The molecule has 1 amide bonds. The van der Waals surface area contributed by atoms with Crippen LogP contribution in [0.25, 0.3) is 0 Å². The summed E-state index contributed by atoms with van der Waals surface area (Å²) in [6.45, 7) is 6.37. The van der Waals surface area contributed by atoms with E-state index in [9.17, 15) is 4.79 Å². The standard InChI is InChI=1S/C17H26N2OS/c1-11-9-10-15(21-11)16-18-12(2)17(20)19(16)13(3)14-7-5-4-6-8-14/h9-10,12-14,16,18H,4-8H2,1-3H3. The van der Waals surface area contributed by atoms with E-state index in [1.807, 2.05) is 6.92 Å². The Bertz CT molecular complexity index is 507. The van der Waals surface area contributed by atoms with Crippen LogP contribution >= 0.6 is 11.3 Å². The minimum absolute atomic E-state index is 0.0663. The maximum Gasteiger partial charge on any atom is 0.241 e. The Kier molecular flexibility index (Phi) is 4.36. The van der Waals surface area contributed by atoms with E-state index < -0.39 is 0 Å². The molecule has 2 aliphatic rings. The van der Waals surface area contributed by atoms with Crippen LogP contribution in [-0.4, -0.2) is 22.9 Å². The van der Waals surface area contributed by atoms with Crippen LogP contribution in [0.5, 0.6) is 0 Å². The maximum absolute atomic E-state index is 12.6. The minimum Gasteiger partial charge on any atom is -0.318 e. The molecule has 3 nitrogen and oxygen atoms in total. The molecule has 0 spiro atoms. The summed E-state index contributed by atoms with van der Waals surface area (Å²) in [6.07, 6.45) is 6.62. The Hall–Kier alpha value is -0.870. The number of carbonyl (C=O) groups excluding carboxylic acids is 1. The zero-order valence-corrected chi connectivity index (χ0v) is 14.1. The Morgan fingerprint density at radius 1 is 1.29 bits per heavy atom. The van der Waals surface area contributed by atoms with Crippen LogP contribution in [0.1, 0.15) is 61.9 Å². The van der Waals surface area contributed by atoms with E-state index in [-0.39, 0.29) is 18.1 Å². The van der Waals surface area contributed by atoms with Crippen LogP contribution in [0.3, 0.4) is 0 Å². The minimum atomic E-state index is -0.0663. The third-order valence-corrected chi connectivity index (χ3v) is 6.17. The molecular weight excluding hydrogens is 280 g/mol. The lowest BCUT2D eigenvalue weighted by molar-refractivity contribution is -0.133. The van der Waals surface area contributed by atoms with Gasteiger partial charge >= 0.3 is 0 Å². The van der Waals surface area contributed by atoms with Crippen LogP contribution < -0.4 is 5.32 Å². The smallest absolute Gasteiger partial charge is 0.241 e. The van der Waals surface area contributed by atoms with Crippen LogP contribution in [0.2, 0.25) is 0 Å². The number of thiophene rings is 1. The summed E-state index contributed by atoms with van der Waals surface area (Å²) in [5.74, 6) is 0.933. The molecule has 3 unspecified atom stereocenters. The molecular formula is C17H26N2OS. The molecule has 1 aromatic rings. The highest BCUT2D eigenvalue weighted by Crippen LogP contribution is 2.37. The molecule has 1 aromatic heterocycles. The van der Waals surface area contributed by atoms with Crippen molar-refractivity contribution < 1.29 is 4.79 Å². The van der Waals surface area contributed by atoms with E-state index in [1.165, 1.54) is 41.9 Å². The first kappa shape index (κ1) is 15.0. The van der Waals surface area contributed by atoms with Crippen LogP contribution in [-0.2, 0) is 4.79 Å². The van der Waals surface area contributed by atoms with Crippen molar-refractivity contribution >= 4 is 17.2 Å². The van der Waals surface area contributed by atoms with Gasteiger partial charge in [-0.05, 0) is 51.7 Å². The number of hydrogen-bond donors (Lipinski definition) is 1. The van der Waals surface area contributed by atoms with Gasteiger partial charge in [0, 0.05) is 15.8 Å². The molecule has 116 valence electrons. The molecule has 0 bridgehead atoms. The quantitative estimate of drug-likeness (QED) is 0.920. The number of nitrogens with zero attached hydrogens (tertiary/aromatic N) is 1. The molecule has 1 aliphatic carbocycles. The number of hydrogen-bond acceptors (Lipinski definition) is 3. The van der Waals surface area contributed by atoms with Gasteiger partial charge in [-0.3, -0.25) is 10.1 Å². The van der Waals surface area contributed by atoms with Crippen molar-refractivity contribution in [2.75, 3.05) is 0 Å². The van der Waals surface area contributed by atoms with Crippen molar-refractivity contribution in [3.05, 3.63) is 21.9 Å². The second-order valence-corrected chi connectivity index (χ2v) is 7.94. The number of amides is 1. The molecule has 1 saturated heterocycles. The van der Waals surface area contributed by atoms with Gasteiger partial charge in [0.2, 0.25) is 5.91 Å². The summed E-state index contributed by atoms with van der Waals surface area (Å²) < 4.78 is 0. The highest BCUT2D eigenvalue weighted by atomic mass is 32.1. The monoisotopic (exact) mass is 306 g/mol. The molecule has 2 heterocycles. The number of aryl methyl sites for hydroxylation is 1. The lowest BCUT2D eigenvalue weighted by Gasteiger charge is -2.37. The molecule has 2 fully saturated rings. The first-order valence-electron chi connectivity index (χ1n) is 8.22.